The van der Waals surface area contributed by atoms with Gasteiger partial charge in [-0.15, -0.1) is 24.0 Å². The van der Waals surface area contributed by atoms with E-state index in [1.54, 1.807) is 0 Å². The van der Waals surface area contributed by atoms with Crippen molar-refractivity contribution in [1.82, 2.24) is 5.32 Å². The predicted octanol–water partition coefficient (Wildman–Crippen LogP) is 3.86. The number of fused-ring (bicyclic) bond motifs is 1. The van der Waals surface area contributed by atoms with Gasteiger partial charge in [-0.3, -0.25) is 0 Å². The summed E-state index contributed by atoms with van der Waals surface area (Å²) in [6.45, 7) is 1.55. The lowest BCUT2D eigenvalue weighted by Crippen LogP contribution is -2.39. The van der Waals surface area contributed by atoms with Crippen molar-refractivity contribution < 1.29 is 9.47 Å². The Kier molecular flexibility index (Phi) is 7.74. The summed E-state index contributed by atoms with van der Waals surface area (Å²) in [6, 6.07) is 4.23. The summed E-state index contributed by atoms with van der Waals surface area (Å²) >= 11 is 6.24. The molecule has 0 unspecified atom stereocenters. The summed E-state index contributed by atoms with van der Waals surface area (Å²) in [5, 5.41) is 3.90. The van der Waals surface area contributed by atoms with E-state index in [0.29, 0.717) is 48.3 Å². The Morgan fingerprint density at radius 1 is 1.17 bits per heavy atom. The quantitative estimate of drug-likeness (QED) is 0.308. The molecule has 1 aromatic carbocycles. The highest BCUT2D eigenvalue weighted by Gasteiger charge is 2.17. The summed E-state index contributed by atoms with van der Waals surface area (Å²) in [4.78, 5) is 4.44. The third-order valence-corrected chi connectivity index (χ3v) is 4.58. The smallest absolute Gasteiger partial charge is 0.189 e. The van der Waals surface area contributed by atoms with Crippen molar-refractivity contribution >= 4 is 41.5 Å². The van der Waals surface area contributed by atoms with Crippen LogP contribution in [0.15, 0.2) is 17.1 Å². The Morgan fingerprint density at radius 2 is 1.88 bits per heavy atom. The summed E-state index contributed by atoms with van der Waals surface area (Å²) in [6.07, 6.45) is 7.53. The molecule has 5 nitrogen and oxygen atoms in total. The molecule has 1 fully saturated rings. The number of hydrogen-bond acceptors (Lipinski definition) is 3. The van der Waals surface area contributed by atoms with Crippen LogP contribution < -0.4 is 20.5 Å². The molecular weight excluding hydrogens is 441 g/mol. The minimum absolute atomic E-state index is 0. The van der Waals surface area contributed by atoms with Gasteiger partial charge in [-0.2, -0.15) is 0 Å². The fraction of sp³-hybridized carbons (Fsp3) is 0.588. The number of nitrogens with two attached hydrogens (primary N) is 1. The average Bonchev–Trinajstić information content (AvgIpc) is 2.82. The second-order valence-electron chi connectivity index (χ2n) is 6.14. The van der Waals surface area contributed by atoms with Crippen LogP contribution in [0.4, 0.5) is 0 Å². The van der Waals surface area contributed by atoms with Crippen LogP contribution in [-0.4, -0.2) is 25.2 Å². The van der Waals surface area contributed by atoms with Crippen LogP contribution in [0.2, 0.25) is 5.02 Å². The molecule has 0 radical (unpaired) electrons. The molecule has 0 aromatic heterocycles. The third-order valence-electron chi connectivity index (χ3n) is 4.30. The first kappa shape index (κ1) is 19.4. The van der Waals surface area contributed by atoms with E-state index in [1.165, 1.54) is 38.5 Å². The largest absolute Gasteiger partial charge is 0.486 e. The van der Waals surface area contributed by atoms with Crippen LogP contribution in [0, 0.1) is 0 Å². The van der Waals surface area contributed by atoms with Gasteiger partial charge < -0.3 is 20.5 Å². The topological polar surface area (TPSA) is 68.9 Å². The van der Waals surface area contributed by atoms with E-state index >= 15 is 0 Å². The van der Waals surface area contributed by atoms with Crippen LogP contribution in [0.1, 0.15) is 44.1 Å². The molecule has 3 rings (SSSR count). The van der Waals surface area contributed by atoms with Gasteiger partial charge >= 0.3 is 0 Å². The van der Waals surface area contributed by atoms with Crippen molar-refractivity contribution in [2.24, 2.45) is 10.7 Å². The molecule has 1 saturated carbocycles. The van der Waals surface area contributed by atoms with Crippen LogP contribution in [0.5, 0.6) is 11.5 Å². The highest BCUT2D eigenvalue weighted by Crippen LogP contribution is 2.38. The molecule has 1 heterocycles. The number of nitrogens with zero attached hydrogens (tertiary/aromatic N) is 1. The van der Waals surface area contributed by atoms with Gasteiger partial charge in [0.05, 0.1) is 11.6 Å². The lowest BCUT2D eigenvalue weighted by atomic mass is 10.1. The van der Waals surface area contributed by atoms with Crippen LogP contribution in [-0.2, 0) is 6.54 Å². The minimum Gasteiger partial charge on any atom is -0.486 e. The van der Waals surface area contributed by atoms with Crippen molar-refractivity contribution in [2.45, 2.75) is 51.1 Å². The molecule has 1 aromatic rings. The highest BCUT2D eigenvalue weighted by atomic mass is 127. The molecule has 3 N–H and O–H groups in total. The van der Waals surface area contributed by atoms with Gasteiger partial charge in [-0.05, 0) is 30.5 Å². The molecule has 0 bridgehead atoms. The standard InChI is InChI=1S/C17H24ClN3O2.HI/c18-14-9-12(10-15-16(14)23-8-7-22-15)11-20-17(19)21-13-5-3-1-2-4-6-13;/h9-10,13H,1-8,11H2,(H3,19,20,21);1H. The van der Waals surface area contributed by atoms with Gasteiger partial charge in [0.15, 0.2) is 17.5 Å². The summed E-state index contributed by atoms with van der Waals surface area (Å²) in [5.74, 6) is 1.81. The first-order chi connectivity index (χ1) is 11.2. The zero-order chi connectivity index (χ0) is 16.1. The second kappa shape index (κ2) is 9.56. The molecule has 0 amide bonds. The number of guanidine groups is 1. The fourth-order valence-electron chi connectivity index (χ4n) is 3.11. The number of rotatable bonds is 3. The van der Waals surface area contributed by atoms with Crippen molar-refractivity contribution in [2.75, 3.05) is 13.2 Å². The Hall–Kier alpha value is -0.890. The number of ether oxygens (including phenoxy) is 2. The first-order valence-corrected chi connectivity index (χ1v) is 8.74. The maximum absolute atomic E-state index is 6.24. The molecule has 1 aliphatic heterocycles. The third kappa shape index (κ3) is 5.31. The zero-order valence-corrected chi connectivity index (χ0v) is 16.8. The van der Waals surface area contributed by atoms with Crippen LogP contribution in [0.3, 0.4) is 0 Å². The number of aliphatic imine (C=N–C) groups is 1. The minimum atomic E-state index is 0. The van der Waals surface area contributed by atoms with Gasteiger partial charge in [-0.25, -0.2) is 4.99 Å². The number of benzene rings is 1. The average molecular weight is 466 g/mol. The molecule has 24 heavy (non-hydrogen) atoms. The van der Waals surface area contributed by atoms with Gasteiger partial charge in [-0.1, -0.05) is 37.3 Å². The molecular formula is C17H25ClIN3O2. The molecule has 7 heteroatoms. The maximum Gasteiger partial charge on any atom is 0.189 e. The van der Waals surface area contributed by atoms with Crippen molar-refractivity contribution in [3.05, 3.63) is 22.7 Å². The molecule has 134 valence electrons. The monoisotopic (exact) mass is 465 g/mol. The highest BCUT2D eigenvalue weighted by molar-refractivity contribution is 14.0. The molecule has 0 spiro atoms. The molecule has 2 aliphatic rings. The van der Waals surface area contributed by atoms with Crippen molar-refractivity contribution in [3.8, 4) is 11.5 Å². The lowest BCUT2D eigenvalue weighted by Gasteiger charge is -2.20. The van der Waals surface area contributed by atoms with Gasteiger partial charge in [0.2, 0.25) is 0 Å². The van der Waals surface area contributed by atoms with E-state index in [9.17, 15) is 0 Å². The maximum atomic E-state index is 6.24. The molecule has 0 saturated heterocycles. The van der Waals surface area contributed by atoms with E-state index in [2.05, 4.69) is 10.3 Å². The SMILES string of the molecule is I.NC(=NCc1cc(Cl)c2c(c1)OCCO2)NC1CCCCCC1. The van der Waals surface area contributed by atoms with Crippen molar-refractivity contribution in [3.63, 3.8) is 0 Å². The Bertz CT molecular complexity index is 575. The normalized spacial score (nSPS) is 18.5. The Balaban J connectivity index is 0.00000208. The number of hydrogen-bond donors (Lipinski definition) is 2. The fourth-order valence-corrected chi connectivity index (χ4v) is 3.40. The van der Waals surface area contributed by atoms with E-state index in [4.69, 9.17) is 26.8 Å². The summed E-state index contributed by atoms with van der Waals surface area (Å²) in [5.41, 5.74) is 6.99. The number of nitrogens with one attached hydrogen (secondary N) is 1. The van der Waals surface area contributed by atoms with Gasteiger partial charge in [0, 0.05) is 6.04 Å². The first-order valence-electron chi connectivity index (χ1n) is 8.37. The number of halogens is 2. The van der Waals surface area contributed by atoms with E-state index in [-0.39, 0.29) is 24.0 Å². The molecule has 0 atom stereocenters. The van der Waals surface area contributed by atoms with E-state index in [1.807, 2.05) is 12.1 Å². The summed E-state index contributed by atoms with van der Waals surface area (Å²) < 4.78 is 11.1. The Morgan fingerprint density at radius 3 is 2.62 bits per heavy atom. The predicted molar refractivity (Wildman–Crippen MR) is 108 cm³/mol. The second-order valence-corrected chi connectivity index (χ2v) is 6.54. The van der Waals surface area contributed by atoms with Gasteiger partial charge in [0.1, 0.15) is 13.2 Å². The zero-order valence-electron chi connectivity index (χ0n) is 13.7. The van der Waals surface area contributed by atoms with E-state index < -0.39 is 0 Å². The van der Waals surface area contributed by atoms with Crippen molar-refractivity contribution in [1.29, 1.82) is 0 Å². The lowest BCUT2D eigenvalue weighted by molar-refractivity contribution is 0.171. The Labute approximate surface area is 165 Å². The van der Waals surface area contributed by atoms with E-state index in [0.717, 1.165) is 5.56 Å². The van der Waals surface area contributed by atoms with Crippen LogP contribution >= 0.6 is 35.6 Å². The van der Waals surface area contributed by atoms with Crippen LogP contribution in [0.25, 0.3) is 0 Å². The summed E-state index contributed by atoms with van der Waals surface area (Å²) in [7, 11) is 0. The van der Waals surface area contributed by atoms with Gasteiger partial charge in [0.25, 0.3) is 0 Å². The molecule has 1 aliphatic carbocycles.